The van der Waals surface area contributed by atoms with E-state index in [1.807, 2.05) is 24.5 Å². The van der Waals surface area contributed by atoms with Gasteiger partial charge in [0.25, 0.3) is 0 Å². The fourth-order valence-electron chi connectivity index (χ4n) is 3.23. The van der Waals surface area contributed by atoms with Crippen LogP contribution in [0.4, 0.5) is 5.13 Å². The average molecular weight is 387 g/mol. The van der Waals surface area contributed by atoms with Crippen molar-refractivity contribution in [2.24, 2.45) is 0 Å². The molecule has 1 fully saturated rings. The van der Waals surface area contributed by atoms with E-state index in [1.165, 1.54) is 39.8 Å². The van der Waals surface area contributed by atoms with Crippen LogP contribution in [0.5, 0.6) is 0 Å². The van der Waals surface area contributed by atoms with Gasteiger partial charge in [0.05, 0.1) is 10.2 Å². The summed E-state index contributed by atoms with van der Waals surface area (Å²) in [4.78, 5) is 8.81. The molecule has 2 aromatic carbocycles. The summed E-state index contributed by atoms with van der Waals surface area (Å²) >= 11 is 1.70. The number of anilines is 1. The number of benzene rings is 2. The van der Waals surface area contributed by atoms with Crippen molar-refractivity contribution < 1.29 is 0 Å². The van der Waals surface area contributed by atoms with E-state index in [1.54, 1.807) is 11.3 Å². The number of aromatic nitrogens is 2. The first-order valence-electron chi connectivity index (χ1n) is 9.69. The van der Waals surface area contributed by atoms with Crippen LogP contribution in [0.3, 0.4) is 0 Å². The lowest BCUT2D eigenvalue weighted by atomic mass is 10.1. The lowest BCUT2D eigenvalue weighted by molar-refractivity contribution is 0.687. The molecular weight excluding hydrogens is 364 g/mol. The molecule has 1 aliphatic carbocycles. The van der Waals surface area contributed by atoms with Crippen LogP contribution in [0.2, 0.25) is 0 Å². The van der Waals surface area contributed by atoms with Crippen LogP contribution < -0.4 is 10.6 Å². The van der Waals surface area contributed by atoms with E-state index in [0.29, 0.717) is 0 Å². The molecule has 2 N–H and O–H groups in total. The van der Waals surface area contributed by atoms with Crippen LogP contribution >= 0.6 is 11.3 Å². The second-order valence-electron chi connectivity index (χ2n) is 7.26. The molecule has 0 aliphatic heterocycles. The van der Waals surface area contributed by atoms with Crippen molar-refractivity contribution in [2.45, 2.75) is 32.0 Å². The Morgan fingerprint density at radius 3 is 2.36 bits per heavy atom. The van der Waals surface area contributed by atoms with Gasteiger partial charge < -0.3 is 10.6 Å². The molecule has 0 amide bonds. The largest absolute Gasteiger partial charge is 0.357 e. The molecule has 0 saturated heterocycles. The van der Waals surface area contributed by atoms with Crippen molar-refractivity contribution in [2.75, 3.05) is 5.32 Å². The average Bonchev–Trinajstić information content (AvgIpc) is 3.49. The maximum absolute atomic E-state index is 4.72. The zero-order valence-electron chi connectivity index (χ0n) is 15.6. The molecule has 1 aliphatic rings. The van der Waals surface area contributed by atoms with Crippen LogP contribution in [-0.2, 0) is 13.1 Å². The summed E-state index contributed by atoms with van der Waals surface area (Å²) in [5.74, 6) is 0. The molecule has 5 rings (SSSR count). The molecule has 4 nitrogen and oxygen atoms in total. The van der Waals surface area contributed by atoms with Gasteiger partial charge in [-0.1, -0.05) is 41.7 Å². The number of nitrogens with one attached hydrogen (secondary N) is 2. The fourth-order valence-corrected chi connectivity index (χ4v) is 4.13. The summed E-state index contributed by atoms with van der Waals surface area (Å²) in [6, 6.07) is 20.1. The number of hydrogen-bond donors (Lipinski definition) is 2. The smallest absolute Gasteiger partial charge is 0.184 e. The Labute approximate surface area is 168 Å². The molecule has 2 heterocycles. The summed E-state index contributed by atoms with van der Waals surface area (Å²) in [6.45, 7) is 1.75. The molecule has 0 spiro atoms. The quantitative estimate of drug-likeness (QED) is 0.457. The maximum atomic E-state index is 4.72. The van der Waals surface area contributed by atoms with Crippen molar-refractivity contribution in [1.29, 1.82) is 0 Å². The Bertz CT molecular complexity index is 1070. The van der Waals surface area contributed by atoms with E-state index in [-0.39, 0.29) is 0 Å². The van der Waals surface area contributed by atoms with Crippen LogP contribution in [-0.4, -0.2) is 16.0 Å². The predicted octanol–water partition coefficient (Wildman–Crippen LogP) is 5.22. The Morgan fingerprint density at radius 1 is 0.857 bits per heavy atom. The van der Waals surface area contributed by atoms with Crippen LogP contribution in [0.25, 0.3) is 21.3 Å². The Balaban J connectivity index is 1.25. The monoisotopic (exact) mass is 386 g/mol. The minimum Gasteiger partial charge on any atom is -0.357 e. The second kappa shape index (κ2) is 7.70. The molecule has 5 heteroatoms. The Hall–Kier alpha value is -2.76. The van der Waals surface area contributed by atoms with Gasteiger partial charge in [-0.2, -0.15) is 0 Å². The van der Waals surface area contributed by atoms with E-state index in [0.717, 1.165) is 29.8 Å². The normalized spacial score (nSPS) is 13.7. The highest BCUT2D eigenvalue weighted by atomic mass is 32.1. The standard InChI is InChI=1S/C23H22N4S/c1-3-17(4-2-16(1)14-25-20-6-7-20)15-26-23-27-21-8-5-19(13-22(21)28-23)18-9-11-24-12-10-18/h1-5,8-13,20,25H,6-7,14-15H2,(H,26,27). The number of pyridine rings is 1. The topological polar surface area (TPSA) is 49.8 Å². The first-order valence-corrected chi connectivity index (χ1v) is 10.5. The summed E-state index contributed by atoms with van der Waals surface area (Å²) in [5.41, 5.74) is 6.02. The predicted molar refractivity (Wildman–Crippen MR) is 116 cm³/mol. The van der Waals surface area contributed by atoms with Gasteiger partial charge in [-0.25, -0.2) is 4.98 Å². The van der Waals surface area contributed by atoms with Crippen LogP contribution in [0.15, 0.2) is 67.0 Å². The van der Waals surface area contributed by atoms with Crippen LogP contribution in [0.1, 0.15) is 24.0 Å². The van der Waals surface area contributed by atoms with Crippen molar-refractivity contribution >= 4 is 26.7 Å². The highest BCUT2D eigenvalue weighted by Gasteiger charge is 2.19. The van der Waals surface area contributed by atoms with Crippen molar-refractivity contribution in [3.63, 3.8) is 0 Å². The van der Waals surface area contributed by atoms with Gasteiger partial charge in [0, 0.05) is 31.5 Å². The SMILES string of the molecule is c1cc(-c2ccc3nc(NCc4ccc(CNC5CC5)cc4)sc3c2)ccn1. The molecule has 2 aromatic heterocycles. The molecule has 0 radical (unpaired) electrons. The summed E-state index contributed by atoms with van der Waals surface area (Å²) in [7, 11) is 0. The van der Waals surface area contributed by atoms with Gasteiger partial charge in [-0.3, -0.25) is 4.98 Å². The van der Waals surface area contributed by atoms with E-state index in [9.17, 15) is 0 Å². The Kier molecular flexibility index (Phi) is 4.77. The second-order valence-corrected chi connectivity index (χ2v) is 8.29. The van der Waals surface area contributed by atoms with Gasteiger partial charge in [0.15, 0.2) is 5.13 Å². The summed E-state index contributed by atoms with van der Waals surface area (Å²) < 4.78 is 1.19. The highest BCUT2D eigenvalue weighted by Crippen LogP contribution is 2.30. The Morgan fingerprint density at radius 2 is 1.61 bits per heavy atom. The lowest BCUT2D eigenvalue weighted by Gasteiger charge is -2.06. The van der Waals surface area contributed by atoms with E-state index in [2.05, 4.69) is 58.1 Å². The molecular formula is C23H22N4S. The number of rotatable bonds is 7. The third-order valence-corrected chi connectivity index (χ3v) is 6.02. The van der Waals surface area contributed by atoms with Gasteiger partial charge in [-0.15, -0.1) is 0 Å². The van der Waals surface area contributed by atoms with Gasteiger partial charge >= 0.3 is 0 Å². The molecule has 1 saturated carbocycles. The minimum atomic E-state index is 0.749. The van der Waals surface area contributed by atoms with Crippen molar-refractivity contribution in [1.82, 2.24) is 15.3 Å². The fraction of sp³-hybridized carbons (Fsp3) is 0.217. The van der Waals surface area contributed by atoms with E-state index in [4.69, 9.17) is 4.98 Å². The van der Waals surface area contributed by atoms with Gasteiger partial charge in [0.1, 0.15) is 0 Å². The molecule has 0 atom stereocenters. The third kappa shape index (κ3) is 4.06. The molecule has 0 unspecified atom stereocenters. The zero-order valence-corrected chi connectivity index (χ0v) is 16.4. The van der Waals surface area contributed by atoms with Crippen molar-refractivity contribution in [3.8, 4) is 11.1 Å². The summed E-state index contributed by atoms with van der Waals surface area (Å²) in [5, 5.41) is 7.98. The number of hydrogen-bond acceptors (Lipinski definition) is 5. The first-order chi connectivity index (χ1) is 13.8. The van der Waals surface area contributed by atoms with Crippen LogP contribution in [0, 0.1) is 0 Å². The maximum Gasteiger partial charge on any atom is 0.184 e. The number of fused-ring (bicyclic) bond motifs is 1. The van der Waals surface area contributed by atoms with Gasteiger partial charge in [0.2, 0.25) is 0 Å². The molecule has 140 valence electrons. The molecule has 4 aromatic rings. The van der Waals surface area contributed by atoms with Crippen molar-refractivity contribution in [3.05, 3.63) is 78.1 Å². The number of nitrogens with zero attached hydrogens (tertiary/aromatic N) is 2. The van der Waals surface area contributed by atoms with Gasteiger partial charge in [-0.05, 0) is 59.4 Å². The van der Waals surface area contributed by atoms with E-state index < -0.39 is 0 Å². The van der Waals surface area contributed by atoms with E-state index >= 15 is 0 Å². The molecule has 28 heavy (non-hydrogen) atoms. The molecule has 0 bridgehead atoms. The zero-order chi connectivity index (χ0) is 18.8. The highest BCUT2D eigenvalue weighted by molar-refractivity contribution is 7.22. The third-order valence-electron chi connectivity index (χ3n) is 5.04. The summed E-state index contributed by atoms with van der Waals surface area (Å²) in [6.07, 6.45) is 6.31. The lowest BCUT2D eigenvalue weighted by Crippen LogP contribution is -2.15. The number of thiazole rings is 1. The first kappa shape index (κ1) is 17.3. The minimum absolute atomic E-state index is 0.749.